The van der Waals surface area contributed by atoms with E-state index in [-0.39, 0.29) is 11.8 Å². The molecule has 2 rings (SSSR count). The number of benzene rings is 1. The smallest absolute Gasteiger partial charge is 0.265 e. The Bertz CT molecular complexity index is 713. The minimum absolute atomic E-state index is 0.0321. The van der Waals surface area contributed by atoms with E-state index in [2.05, 4.69) is 17.6 Å². The van der Waals surface area contributed by atoms with E-state index < -0.39 is 0 Å². The molecular weight excluding hydrogens is 368 g/mol. The van der Waals surface area contributed by atoms with E-state index in [0.29, 0.717) is 22.7 Å². The largest absolute Gasteiger partial charge is 0.326 e. The highest BCUT2D eigenvalue weighted by molar-refractivity contribution is 7.12. The summed E-state index contributed by atoms with van der Waals surface area (Å²) in [5.74, 6) is -0.0992. The summed E-state index contributed by atoms with van der Waals surface area (Å²) in [6.07, 6.45) is 11.7. The molecule has 1 aromatic heterocycles. The Morgan fingerprint density at radius 1 is 0.821 bits per heavy atom. The van der Waals surface area contributed by atoms with Crippen molar-refractivity contribution in [3.63, 3.8) is 0 Å². The molecule has 0 aliphatic rings. The molecule has 5 heteroatoms. The molecule has 0 saturated carbocycles. The number of thiophene rings is 1. The Labute approximate surface area is 172 Å². The first kappa shape index (κ1) is 22.2. The zero-order valence-corrected chi connectivity index (χ0v) is 17.7. The van der Waals surface area contributed by atoms with Crippen molar-refractivity contribution in [2.45, 2.75) is 71.1 Å². The number of carbonyl (C=O) groups is 2. The van der Waals surface area contributed by atoms with Crippen LogP contribution in [0.25, 0.3) is 0 Å². The van der Waals surface area contributed by atoms with Crippen molar-refractivity contribution in [1.82, 2.24) is 0 Å². The lowest BCUT2D eigenvalue weighted by Gasteiger charge is -2.08. The maximum atomic E-state index is 12.1. The Kier molecular flexibility index (Phi) is 10.4. The van der Waals surface area contributed by atoms with Gasteiger partial charge in [0.2, 0.25) is 5.91 Å². The standard InChI is InChI=1S/C23H32N2O2S/c1-2-3-4-5-6-7-8-9-10-16-22(26)24-19-13-11-14-20(18-19)25-23(27)21-15-12-17-28-21/h11-15,17-18H,2-10,16H2,1H3,(H,24,26)(H,25,27). The van der Waals surface area contributed by atoms with Gasteiger partial charge in [-0.25, -0.2) is 0 Å². The van der Waals surface area contributed by atoms with Gasteiger partial charge in [0.25, 0.3) is 5.91 Å². The second-order valence-electron chi connectivity index (χ2n) is 7.14. The van der Waals surface area contributed by atoms with E-state index in [1.165, 1.54) is 56.3 Å². The van der Waals surface area contributed by atoms with Gasteiger partial charge in [-0.3, -0.25) is 9.59 Å². The second-order valence-corrected chi connectivity index (χ2v) is 8.09. The zero-order chi connectivity index (χ0) is 20.0. The Hall–Kier alpha value is -2.14. The molecule has 4 nitrogen and oxygen atoms in total. The molecule has 0 saturated heterocycles. The molecule has 0 unspecified atom stereocenters. The number of rotatable bonds is 13. The molecule has 2 amide bonds. The summed E-state index contributed by atoms with van der Waals surface area (Å²) in [5.41, 5.74) is 1.39. The molecule has 0 radical (unpaired) electrons. The number of anilines is 2. The van der Waals surface area contributed by atoms with Crippen LogP contribution in [0.3, 0.4) is 0 Å². The first-order valence-corrected chi connectivity index (χ1v) is 11.3. The third-order valence-corrected chi connectivity index (χ3v) is 5.53. The molecule has 0 spiro atoms. The van der Waals surface area contributed by atoms with E-state index >= 15 is 0 Å². The topological polar surface area (TPSA) is 58.2 Å². The van der Waals surface area contributed by atoms with Gasteiger partial charge in [0, 0.05) is 17.8 Å². The van der Waals surface area contributed by atoms with E-state index in [1.807, 2.05) is 29.6 Å². The Morgan fingerprint density at radius 2 is 1.46 bits per heavy atom. The molecule has 1 aromatic carbocycles. The number of amides is 2. The summed E-state index contributed by atoms with van der Waals surface area (Å²) in [5, 5.41) is 7.66. The summed E-state index contributed by atoms with van der Waals surface area (Å²) in [6.45, 7) is 2.24. The Morgan fingerprint density at radius 3 is 2.11 bits per heavy atom. The van der Waals surface area contributed by atoms with Gasteiger partial charge in [-0.2, -0.15) is 0 Å². The van der Waals surface area contributed by atoms with Gasteiger partial charge in [-0.15, -0.1) is 11.3 Å². The molecule has 2 aromatic rings. The molecule has 0 aliphatic heterocycles. The molecule has 152 valence electrons. The van der Waals surface area contributed by atoms with Crippen LogP contribution < -0.4 is 10.6 Å². The molecule has 1 heterocycles. The first-order chi connectivity index (χ1) is 13.7. The summed E-state index contributed by atoms with van der Waals surface area (Å²) >= 11 is 1.40. The SMILES string of the molecule is CCCCCCCCCCCC(=O)Nc1cccc(NC(=O)c2cccs2)c1. The highest BCUT2D eigenvalue weighted by Gasteiger charge is 2.08. The number of nitrogens with one attached hydrogen (secondary N) is 2. The normalized spacial score (nSPS) is 10.6. The van der Waals surface area contributed by atoms with Crippen molar-refractivity contribution < 1.29 is 9.59 Å². The molecule has 28 heavy (non-hydrogen) atoms. The van der Waals surface area contributed by atoms with Crippen molar-refractivity contribution in [1.29, 1.82) is 0 Å². The van der Waals surface area contributed by atoms with Crippen LogP contribution in [0.2, 0.25) is 0 Å². The van der Waals surface area contributed by atoms with Crippen molar-refractivity contribution in [3.05, 3.63) is 46.7 Å². The average molecular weight is 401 g/mol. The maximum absolute atomic E-state index is 12.1. The lowest BCUT2D eigenvalue weighted by Crippen LogP contribution is -2.13. The van der Waals surface area contributed by atoms with Crippen molar-refractivity contribution in [3.8, 4) is 0 Å². The minimum atomic E-state index is -0.131. The van der Waals surface area contributed by atoms with Gasteiger partial charge in [-0.05, 0) is 36.1 Å². The Balaban J connectivity index is 1.63. The lowest BCUT2D eigenvalue weighted by atomic mass is 10.1. The highest BCUT2D eigenvalue weighted by Crippen LogP contribution is 2.18. The van der Waals surface area contributed by atoms with E-state index in [1.54, 1.807) is 12.1 Å². The summed E-state index contributed by atoms with van der Waals surface area (Å²) < 4.78 is 0. The fourth-order valence-electron chi connectivity index (χ4n) is 3.09. The van der Waals surface area contributed by atoms with Crippen LogP contribution in [0.4, 0.5) is 11.4 Å². The quantitative estimate of drug-likeness (QED) is 0.361. The summed E-state index contributed by atoms with van der Waals surface area (Å²) in [6, 6.07) is 10.9. The third kappa shape index (κ3) is 8.70. The third-order valence-electron chi connectivity index (χ3n) is 4.66. The number of unbranched alkanes of at least 4 members (excludes halogenated alkanes) is 8. The van der Waals surface area contributed by atoms with E-state index in [4.69, 9.17) is 0 Å². The fraction of sp³-hybridized carbons (Fsp3) is 0.478. The monoisotopic (exact) mass is 400 g/mol. The molecule has 0 bridgehead atoms. The van der Waals surface area contributed by atoms with Crippen molar-refractivity contribution in [2.24, 2.45) is 0 Å². The summed E-state index contributed by atoms with van der Waals surface area (Å²) in [7, 11) is 0. The molecule has 0 atom stereocenters. The van der Waals surface area contributed by atoms with Gasteiger partial charge in [-0.1, -0.05) is 70.4 Å². The van der Waals surface area contributed by atoms with Crippen molar-refractivity contribution in [2.75, 3.05) is 10.6 Å². The van der Waals surface area contributed by atoms with Crippen molar-refractivity contribution >= 4 is 34.5 Å². The van der Waals surface area contributed by atoms with Gasteiger partial charge in [0.15, 0.2) is 0 Å². The van der Waals surface area contributed by atoms with Crippen LogP contribution in [-0.2, 0) is 4.79 Å². The van der Waals surface area contributed by atoms with E-state index in [9.17, 15) is 9.59 Å². The highest BCUT2D eigenvalue weighted by atomic mass is 32.1. The van der Waals surface area contributed by atoms with E-state index in [0.717, 1.165) is 12.8 Å². The van der Waals surface area contributed by atoms with Crippen LogP contribution in [0.15, 0.2) is 41.8 Å². The fourth-order valence-corrected chi connectivity index (χ4v) is 3.71. The van der Waals surface area contributed by atoms with Gasteiger partial charge in [0.05, 0.1) is 4.88 Å². The molecular formula is C23H32N2O2S. The number of hydrogen-bond acceptors (Lipinski definition) is 3. The zero-order valence-electron chi connectivity index (χ0n) is 16.8. The first-order valence-electron chi connectivity index (χ1n) is 10.4. The number of hydrogen-bond donors (Lipinski definition) is 2. The predicted molar refractivity (Wildman–Crippen MR) is 119 cm³/mol. The molecule has 0 aliphatic carbocycles. The second kappa shape index (κ2) is 13.1. The maximum Gasteiger partial charge on any atom is 0.265 e. The average Bonchev–Trinajstić information content (AvgIpc) is 3.22. The van der Waals surface area contributed by atoms with Crippen LogP contribution >= 0.6 is 11.3 Å². The summed E-state index contributed by atoms with van der Waals surface area (Å²) in [4.78, 5) is 24.9. The van der Waals surface area contributed by atoms with Crippen LogP contribution in [0.1, 0.15) is 80.8 Å². The van der Waals surface area contributed by atoms with Gasteiger partial charge in [0.1, 0.15) is 0 Å². The van der Waals surface area contributed by atoms with Crippen LogP contribution in [0.5, 0.6) is 0 Å². The number of carbonyl (C=O) groups excluding carboxylic acids is 2. The molecule has 2 N–H and O–H groups in total. The lowest BCUT2D eigenvalue weighted by molar-refractivity contribution is -0.116. The predicted octanol–water partition coefficient (Wildman–Crippen LogP) is 6.86. The van der Waals surface area contributed by atoms with Crippen LogP contribution in [-0.4, -0.2) is 11.8 Å². The minimum Gasteiger partial charge on any atom is -0.326 e. The van der Waals surface area contributed by atoms with Gasteiger partial charge >= 0.3 is 0 Å². The van der Waals surface area contributed by atoms with Crippen LogP contribution in [0, 0.1) is 0 Å². The van der Waals surface area contributed by atoms with Gasteiger partial charge < -0.3 is 10.6 Å². The molecule has 0 fully saturated rings.